The van der Waals surface area contributed by atoms with Gasteiger partial charge in [0.05, 0.1) is 11.4 Å². The molecule has 13 rings (SSSR count). The Balaban J connectivity index is 1.22. The molecule has 5 aliphatic rings. The number of hydrogen-bond acceptors (Lipinski definition) is 4. The Bertz CT molecular complexity index is 3730. The molecule has 0 atom stereocenters. The van der Waals surface area contributed by atoms with Crippen LogP contribution in [0.5, 0.6) is 0 Å². The van der Waals surface area contributed by atoms with E-state index in [0.29, 0.717) is 0 Å². The third-order valence-electron chi connectivity index (χ3n) is 20.3. The van der Waals surface area contributed by atoms with E-state index < -0.39 is 0 Å². The van der Waals surface area contributed by atoms with Crippen LogP contribution in [0.2, 0.25) is 0 Å². The van der Waals surface area contributed by atoms with E-state index in [4.69, 9.17) is 0 Å². The first-order chi connectivity index (χ1) is 36.7. The van der Waals surface area contributed by atoms with Crippen LogP contribution in [-0.2, 0) is 37.9 Å². The van der Waals surface area contributed by atoms with Gasteiger partial charge in [0.1, 0.15) is 0 Å². The fourth-order valence-electron chi connectivity index (χ4n) is 14.9. The number of anilines is 9. The van der Waals surface area contributed by atoms with Gasteiger partial charge in [-0.3, -0.25) is 0 Å². The summed E-state index contributed by atoms with van der Waals surface area (Å²) in [5.74, 6) is 0. The molecule has 0 fully saturated rings. The average molecular weight is 1040 g/mol. The normalized spacial score (nSPS) is 19.5. The van der Waals surface area contributed by atoms with Crippen LogP contribution in [0.3, 0.4) is 0 Å². The summed E-state index contributed by atoms with van der Waals surface area (Å²) in [6.45, 7) is 39.3. The SMILES string of the molecule is Cc1cc(C(C)(C)C)ccc1N1c2cc(N(c3ccccc3)c3ccccc3)cc3c2B(c2cc4c(cc2N3c2ccc3c(c2)C(C)(C)CCC3(C)C)C(C)(C)CCC4(C)C)c2sc3cc4c(cc3c21)C(C)(C)CCC4(C)C. The second-order valence-electron chi connectivity index (χ2n) is 29.5. The van der Waals surface area contributed by atoms with Crippen molar-refractivity contribution in [3.05, 3.63) is 178 Å². The topological polar surface area (TPSA) is 9.72 Å². The smallest absolute Gasteiger partial charge is 0.264 e. The molecule has 0 amide bonds. The van der Waals surface area contributed by atoms with Gasteiger partial charge in [-0.1, -0.05) is 165 Å². The molecule has 0 saturated carbocycles. The second kappa shape index (κ2) is 17.0. The summed E-state index contributed by atoms with van der Waals surface area (Å²) < 4.78 is 2.85. The lowest BCUT2D eigenvalue weighted by atomic mass is 9.35. The summed E-state index contributed by atoms with van der Waals surface area (Å²) in [7, 11) is 0. The van der Waals surface area contributed by atoms with Gasteiger partial charge in [-0.2, -0.15) is 0 Å². The molecular formula is C73H82BN3S. The first-order valence-electron chi connectivity index (χ1n) is 29.4. The lowest BCUT2D eigenvalue weighted by molar-refractivity contribution is 0.332. The number of rotatable bonds is 5. The molecule has 398 valence electrons. The van der Waals surface area contributed by atoms with Gasteiger partial charge in [-0.25, -0.2) is 0 Å². The highest BCUT2D eigenvalue weighted by Crippen LogP contribution is 2.57. The highest BCUT2D eigenvalue weighted by Gasteiger charge is 2.50. The quantitative estimate of drug-likeness (QED) is 0.159. The number of fused-ring (bicyclic) bond motifs is 9. The van der Waals surface area contributed by atoms with E-state index in [1.165, 1.54) is 130 Å². The highest BCUT2D eigenvalue weighted by molar-refractivity contribution is 7.33. The summed E-state index contributed by atoms with van der Waals surface area (Å²) in [5.41, 5.74) is 25.9. The second-order valence-corrected chi connectivity index (χ2v) is 30.5. The molecule has 0 bridgehead atoms. The van der Waals surface area contributed by atoms with Crippen LogP contribution in [0.15, 0.2) is 133 Å². The largest absolute Gasteiger partial charge is 0.311 e. The van der Waals surface area contributed by atoms with Gasteiger partial charge in [-0.05, 0) is 212 Å². The number of hydrogen-bond donors (Lipinski definition) is 0. The van der Waals surface area contributed by atoms with E-state index in [0.717, 1.165) is 29.9 Å². The zero-order chi connectivity index (χ0) is 55.0. The standard InChI is InChI=1S/C73H82BN3S/c1-45-37-46(67(2,3)4)27-30-59(45)77-62-40-50(75(47-23-19-17-20-24-47)48-25-21-18-22-26-48)39-61-64(62)74(66-65(77)51-41-54-57(44-63(51)78-66)73(15,16)36-33-70(54,9)10)58-42-55-56(72(13,14)35-34-71(55,11)12)43-60(58)76(61)49-28-29-52-53(38-49)69(7,8)32-31-68(52,5)6/h17-30,37-44H,31-36H2,1-16H3. The monoisotopic (exact) mass is 1040 g/mol. The minimum absolute atomic E-state index is 0.00324. The number of para-hydroxylation sites is 2. The van der Waals surface area contributed by atoms with Crippen LogP contribution in [0, 0.1) is 6.92 Å². The lowest BCUT2D eigenvalue weighted by Crippen LogP contribution is -2.61. The summed E-state index contributed by atoms with van der Waals surface area (Å²) >= 11 is 2.07. The van der Waals surface area contributed by atoms with Gasteiger partial charge in [0.25, 0.3) is 6.71 Å². The molecule has 78 heavy (non-hydrogen) atoms. The predicted molar refractivity (Wildman–Crippen MR) is 340 cm³/mol. The minimum Gasteiger partial charge on any atom is -0.311 e. The van der Waals surface area contributed by atoms with Crippen molar-refractivity contribution in [2.75, 3.05) is 14.7 Å². The molecular weight excluding hydrogens is 962 g/mol. The van der Waals surface area contributed by atoms with Gasteiger partial charge in [0.15, 0.2) is 0 Å². The Labute approximate surface area is 472 Å². The molecule has 3 nitrogen and oxygen atoms in total. The van der Waals surface area contributed by atoms with Crippen molar-refractivity contribution in [1.82, 2.24) is 0 Å². The Hall–Kier alpha value is -6.04. The summed E-state index contributed by atoms with van der Waals surface area (Å²) in [4.78, 5) is 8.00. The molecule has 7 aromatic carbocycles. The molecule has 0 saturated heterocycles. The lowest BCUT2D eigenvalue weighted by Gasteiger charge is -2.48. The predicted octanol–water partition coefficient (Wildman–Crippen LogP) is 19.1. The summed E-state index contributed by atoms with van der Waals surface area (Å²) in [6.07, 6.45) is 7.03. The van der Waals surface area contributed by atoms with Gasteiger partial charge in [0.2, 0.25) is 0 Å². The van der Waals surface area contributed by atoms with Crippen LogP contribution in [0.25, 0.3) is 10.1 Å². The first kappa shape index (κ1) is 51.4. The molecule has 0 unspecified atom stereocenters. The van der Waals surface area contributed by atoms with Gasteiger partial charge < -0.3 is 14.7 Å². The molecule has 3 heterocycles. The molecule has 8 aromatic rings. The Kier molecular flexibility index (Phi) is 11.2. The molecule has 1 aromatic heterocycles. The van der Waals surface area contributed by atoms with Crippen LogP contribution < -0.4 is 30.4 Å². The summed E-state index contributed by atoms with van der Waals surface area (Å²) in [5, 5.41) is 1.38. The Morgan fingerprint density at radius 2 is 0.936 bits per heavy atom. The number of aryl methyl sites for hydroxylation is 1. The molecule has 3 aliphatic carbocycles. The maximum Gasteiger partial charge on any atom is 0.264 e. The van der Waals surface area contributed by atoms with Crippen molar-refractivity contribution in [1.29, 1.82) is 0 Å². The van der Waals surface area contributed by atoms with E-state index in [2.05, 4.69) is 270 Å². The van der Waals surface area contributed by atoms with Crippen molar-refractivity contribution in [2.24, 2.45) is 0 Å². The maximum absolute atomic E-state index is 2.75. The zero-order valence-electron chi connectivity index (χ0n) is 49.8. The fourth-order valence-corrected chi connectivity index (χ4v) is 16.3. The molecule has 0 N–H and O–H groups in total. The molecule has 2 aliphatic heterocycles. The van der Waals surface area contributed by atoms with E-state index in [-0.39, 0.29) is 44.6 Å². The Morgan fingerprint density at radius 3 is 1.47 bits per heavy atom. The van der Waals surface area contributed by atoms with Gasteiger partial charge in [-0.15, -0.1) is 11.3 Å². The minimum atomic E-state index is -0.00723. The van der Waals surface area contributed by atoms with E-state index in [9.17, 15) is 0 Å². The third-order valence-corrected chi connectivity index (χ3v) is 21.5. The number of benzene rings is 7. The van der Waals surface area contributed by atoms with E-state index in [1.807, 2.05) is 0 Å². The van der Waals surface area contributed by atoms with Crippen LogP contribution in [0.4, 0.5) is 51.2 Å². The number of nitrogens with zero attached hydrogens (tertiary/aromatic N) is 3. The van der Waals surface area contributed by atoms with Crippen molar-refractivity contribution in [2.45, 2.75) is 187 Å². The van der Waals surface area contributed by atoms with Gasteiger partial charge in [0, 0.05) is 54.7 Å². The number of thiophene rings is 1. The molecule has 5 heteroatoms. The molecule has 0 radical (unpaired) electrons. The third kappa shape index (κ3) is 7.77. The highest BCUT2D eigenvalue weighted by atomic mass is 32.1. The van der Waals surface area contributed by atoms with Gasteiger partial charge >= 0.3 is 0 Å². The van der Waals surface area contributed by atoms with E-state index in [1.54, 1.807) is 0 Å². The van der Waals surface area contributed by atoms with Crippen molar-refractivity contribution < 1.29 is 0 Å². The molecule has 0 spiro atoms. The zero-order valence-corrected chi connectivity index (χ0v) is 50.6. The average Bonchev–Trinajstić information content (AvgIpc) is 2.52. The fraction of sp³-hybridized carbons (Fsp3) is 0.397. The maximum atomic E-state index is 2.75. The first-order valence-corrected chi connectivity index (χ1v) is 30.2. The van der Waals surface area contributed by atoms with E-state index >= 15 is 0 Å². The summed E-state index contributed by atoms with van der Waals surface area (Å²) in [6, 6.07) is 53.0. The Morgan fingerprint density at radius 1 is 0.449 bits per heavy atom. The van der Waals surface area contributed by atoms with Crippen LogP contribution in [0.1, 0.15) is 187 Å². The van der Waals surface area contributed by atoms with Crippen molar-refractivity contribution in [3.8, 4) is 0 Å². The van der Waals surface area contributed by atoms with Crippen LogP contribution in [-0.4, -0.2) is 6.71 Å². The van der Waals surface area contributed by atoms with Crippen molar-refractivity contribution >= 4 is 95.0 Å². The van der Waals surface area contributed by atoms with Crippen LogP contribution >= 0.6 is 11.3 Å². The van der Waals surface area contributed by atoms with Crippen molar-refractivity contribution in [3.63, 3.8) is 0 Å².